The molecule has 2 N–H and O–H groups in total. The second-order valence-electron chi connectivity index (χ2n) is 5.57. The van der Waals surface area contributed by atoms with E-state index in [1.54, 1.807) is 0 Å². The quantitative estimate of drug-likeness (QED) is 0.877. The predicted octanol–water partition coefficient (Wildman–Crippen LogP) is 2.62. The van der Waals surface area contributed by atoms with Gasteiger partial charge in [-0.15, -0.1) is 0 Å². The van der Waals surface area contributed by atoms with Gasteiger partial charge in [-0.1, -0.05) is 18.2 Å². The van der Waals surface area contributed by atoms with E-state index in [1.165, 1.54) is 16.7 Å². The summed E-state index contributed by atoms with van der Waals surface area (Å²) in [5, 5.41) is 6.43. The maximum Gasteiger partial charge on any atom is 0.237 e. The Balaban J connectivity index is 2.04. The minimum Gasteiger partial charge on any atom is -0.355 e. The summed E-state index contributed by atoms with van der Waals surface area (Å²) < 4.78 is 0. The summed E-state index contributed by atoms with van der Waals surface area (Å²) in [6.45, 7) is 7.19. The highest BCUT2D eigenvalue weighted by atomic mass is 16.2. The van der Waals surface area contributed by atoms with Gasteiger partial charge in [0.25, 0.3) is 0 Å². The number of nitrogens with one attached hydrogen (secondary N) is 2. The second-order valence-corrected chi connectivity index (χ2v) is 5.57. The van der Waals surface area contributed by atoms with E-state index in [-0.39, 0.29) is 18.0 Å². The Kier molecular flexibility index (Phi) is 4.59. The summed E-state index contributed by atoms with van der Waals surface area (Å²) in [6.07, 6.45) is 3.12. The average Bonchev–Trinajstić information content (AvgIpc) is 2.58. The smallest absolute Gasteiger partial charge is 0.237 e. The van der Waals surface area contributed by atoms with E-state index >= 15 is 0 Å². The standard InChI is InChI=1S/C16H24N2O/c1-11-7-8-14(10-12(11)2)13(3)18-15-6-4-5-9-17-16(15)19/h7-8,10,13,15,18H,4-6,9H2,1-3H3,(H,17,19). The SMILES string of the molecule is Cc1ccc(C(C)NC2CCCCNC2=O)cc1C. The fourth-order valence-corrected chi connectivity index (χ4v) is 2.53. The number of hydrogen-bond donors (Lipinski definition) is 2. The van der Waals surface area contributed by atoms with Crippen LogP contribution in [0.1, 0.15) is 48.9 Å². The van der Waals surface area contributed by atoms with Gasteiger partial charge >= 0.3 is 0 Å². The van der Waals surface area contributed by atoms with Crippen LogP contribution in [0.25, 0.3) is 0 Å². The Labute approximate surface area is 115 Å². The lowest BCUT2D eigenvalue weighted by atomic mass is 10.0. The molecule has 1 aromatic carbocycles. The number of rotatable bonds is 3. The van der Waals surface area contributed by atoms with Crippen LogP contribution in [-0.2, 0) is 4.79 Å². The molecule has 1 saturated heterocycles. The molecule has 0 radical (unpaired) electrons. The van der Waals surface area contributed by atoms with Crippen molar-refractivity contribution >= 4 is 5.91 Å². The molecule has 1 aromatic rings. The van der Waals surface area contributed by atoms with Gasteiger partial charge in [-0.25, -0.2) is 0 Å². The van der Waals surface area contributed by atoms with Gasteiger partial charge in [0, 0.05) is 12.6 Å². The van der Waals surface area contributed by atoms with Gasteiger partial charge in [0.1, 0.15) is 0 Å². The molecule has 3 nitrogen and oxygen atoms in total. The zero-order valence-electron chi connectivity index (χ0n) is 12.1. The van der Waals surface area contributed by atoms with E-state index < -0.39 is 0 Å². The van der Waals surface area contributed by atoms with Gasteiger partial charge in [-0.2, -0.15) is 0 Å². The van der Waals surface area contributed by atoms with E-state index in [4.69, 9.17) is 0 Å². The van der Waals surface area contributed by atoms with E-state index in [2.05, 4.69) is 49.6 Å². The molecule has 0 aliphatic carbocycles. The molecule has 3 heteroatoms. The fraction of sp³-hybridized carbons (Fsp3) is 0.562. The van der Waals surface area contributed by atoms with Gasteiger partial charge in [0.15, 0.2) is 0 Å². The van der Waals surface area contributed by atoms with Crippen LogP contribution in [0.3, 0.4) is 0 Å². The fourth-order valence-electron chi connectivity index (χ4n) is 2.53. The summed E-state index contributed by atoms with van der Waals surface area (Å²) in [4.78, 5) is 11.9. The first-order valence-corrected chi connectivity index (χ1v) is 7.19. The molecule has 104 valence electrons. The Morgan fingerprint density at radius 2 is 2.05 bits per heavy atom. The van der Waals surface area contributed by atoms with Crippen molar-refractivity contribution in [3.8, 4) is 0 Å². The molecule has 2 atom stereocenters. The third-order valence-corrected chi connectivity index (χ3v) is 4.02. The van der Waals surface area contributed by atoms with Crippen molar-refractivity contribution in [2.75, 3.05) is 6.54 Å². The molecule has 1 fully saturated rings. The summed E-state index contributed by atoms with van der Waals surface area (Å²) in [6, 6.07) is 6.65. The Morgan fingerprint density at radius 3 is 2.79 bits per heavy atom. The molecule has 1 aliphatic rings. The van der Waals surface area contributed by atoms with Crippen LogP contribution in [0.15, 0.2) is 18.2 Å². The Morgan fingerprint density at radius 1 is 1.26 bits per heavy atom. The lowest BCUT2D eigenvalue weighted by molar-refractivity contribution is -0.123. The van der Waals surface area contributed by atoms with Crippen molar-refractivity contribution in [2.24, 2.45) is 0 Å². The van der Waals surface area contributed by atoms with Crippen LogP contribution >= 0.6 is 0 Å². The first kappa shape index (κ1) is 14.1. The third-order valence-electron chi connectivity index (χ3n) is 4.02. The summed E-state index contributed by atoms with van der Waals surface area (Å²) >= 11 is 0. The number of aryl methyl sites for hydroxylation is 2. The van der Waals surface area contributed by atoms with Crippen molar-refractivity contribution in [2.45, 2.75) is 52.1 Å². The molecule has 2 unspecified atom stereocenters. The van der Waals surface area contributed by atoms with Gasteiger partial charge in [-0.05, 0) is 56.7 Å². The molecule has 1 amide bonds. The van der Waals surface area contributed by atoms with Crippen LogP contribution in [0.2, 0.25) is 0 Å². The van der Waals surface area contributed by atoms with Crippen LogP contribution in [0.5, 0.6) is 0 Å². The maximum atomic E-state index is 11.9. The molecule has 0 aromatic heterocycles. The van der Waals surface area contributed by atoms with Crippen molar-refractivity contribution in [3.63, 3.8) is 0 Å². The highest BCUT2D eigenvalue weighted by Gasteiger charge is 2.22. The maximum absolute atomic E-state index is 11.9. The van der Waals surface area contributed by atoms with Gasteiger partial charge in [-0.3, -0.25) is 10.1 Å². The number of carbonyl (C=O) groups is 1. The van der Waals surface area contributed by atoms with Gasteiger partial charge < -0.3 is 5.32 Å². The zero-order valence-corrected chi connectivity index (χ0v) is 12.1. The number of benzene rings is 1. The largest absolute Gasteiger partial charge is 0.355 e. The van der Waals surface area contributed by atoms with Crippen molar-refractivity contribution in [1.29, 1.82) is 0 Å². The number of amides is 1. The van der Waals surface area contributed by atoms with E-state index in [0.29, 0.717) is 0 Å². The first-order valence-electron chi connectivity index (χ1n) is 7.19. The minimum absolute atomic E-state index is 0.0564. The highest BCUT2D eigenvalue weighted by molar-refractivity contribution is 5.81. The summed E-state index contributed by atoms with van der Waals surface area (Å²) in [5.74, 6) is 0.146. The molecule has 0 spiro atoms. The Hall–Kier alpha value is -1.35. The number of carbonyl (C=O) groups excluding carboxylic acids is 1. The summed E-state index contributed by atoms with van der Waals surface area (Å²) in [7, 11) is 0. The zero-order chi connectivity index (χ0) is 13.8. The van der Waals surface area contributed by atoms with Crippen LogP contribution in [-0.4, -0.2) is 18.5 Å². The predicted molar refractivity (Wildman–Crippen MR) is 78.1 cm³/mol. The lowest BCUT2D eigenvalue weighted by Gasteiger charge is -2.22. The van der Waals surface area contributed by atoms with Gasteiger partial charge in [0.05, 0.1) is 6.04 Å². The minimum atomic E-state index is -0.0564. The van der Waals surface area contributed by atoms with Crippen LogP contribution < -0.4 is 10.6 Å². The lowest BCUT2D eigenvalue weighted by Crippen LogP contribution is -2.43. The van der Waals surface area contributed by atoms with Crippen molar-refractivity contribution in [3.05, 3.63) is 34.9 Å². The molecular formula is C16H24N2O. The number of hydrogen-bond acceptors (Lipinski definition) is 2. The molecule has 2 rings (SSSR count). The monoisotopic (exact) mass is 260 g/mol. The average molecular weight is 260 g/mol. The molecule has 1 heterocycles. The van der Waals surface area contributed by atoms with Crippen molar-refractivity contribution in [1.82, 2.24) is 10.6 Å². The van der Waals surface area contributed by atoms with E-state index in [9.17, 15) is 4.79 Å². The molecule has 0 bridgehead atoms. The van der Waals surface area contributed by atoms with Crippen LogP contribution in [0, 0.1) is 13.8 Å². The van der Waals surface area contributed by atoms with E-state index in [1.807, 2.05) is 0 Å². The molecule has 0 saturated carbocycles. The normalized spacial score (nSPS) is 21.6. The van der Waals surface area contributed by atoms with E-state index in [0.717, 1.165) is 25.8 Å². The highest BCUT2D eigenvalue weighted by Crippen LogP contribution is 2.18. The molecular weight excluding hydrogens is 236 g/mol. The molecule has 1 aliphatic heterocycles. The first-order chi connectivity index (χ1) is 9.08. The van der Waals surface area contributed by atoms with Crippen molar-refractivity contribution < 1.29 is 4.79 Å². The third kappa shape index (κ3) is 3.57. The topological polar surface area (TPSA) is 41.1 Å². The Bertz CT molecular complexity index is 456. The summed E-state index contributed by atoms with van der Waals surface area (Å²) in [5.41, 5.74) is 3.86. The van der Waals surface area contributed by atoms with Crippen LogP contribution in [0.4, 0.5) is 0 Å². The van der Waals surface area contributed by atoms with Gasteiger partial charge in [0.2, 0.25) is 5.91 Å². The molecule has 19 heavy (non-hydrogen) atoms. The second kappa shape index (κ2) is 6.20.